The summed E-state index contributed by atoms with van der Waals surface area (Å²) in [6.45, 7) is 3.68. The van der Waals surface area contributed by atoms with Crippen LogP contribution in [0.3, 0.4) is 0 Å². The lowest BCUT2D eigenvalue weighted by atomic mass is 10.2. The maximum Gasteiger partial charge on any atom is 0.257 e. The Hall–Kier alpha value is -1.99. The highest BCUT2D eigenvalue weighted by Gasteiger charge is 2.14. The summed E-state index contributed by atoms with van der Waals surface area (Å²) in [7, 11) is 1.53. The van der Waals surface area contributed by atoms with Gasteiger partial charge in [-0.2, -0.15) is 0 Å². The van der Waals surface area contributed by atoms with Crippen molar-refractivity contribution >= 4 is 29.0 Å². The number of aromatic nitrogens is 1. The molecule has 0 fully saturated rings. The van der Waals surface area contributed by atoms with Crippen LogP contribution in [0.25, 0.3) is 0 Å². The van der Waals surface area contributed by atoms with E-state index in [9.17, 15) is 9.18 Å². The Morgan fingerprint density at radius 3 is 2.65 bits per heavy atom. The van der Waals surface area contributed by atoms with Gasteiger partial charge in [0.15, 0.2) is 0 Å². The van der Waals surface area contributed by atoms with Gasteiger partial charge < -0.3 is 14.8 Å². The molecule has 2 rings (SSSR count). The maximum absolute atomic E-state index is 14.1. The van der Waals surface area contributed by atoms with E-state index in [2.05, 4.69) is 10.0 Å². The van der Waals surface area contributed by atoms with Crippen molar-refractivity contribution in [2.24, 2.45) is 0 Å². The molecule has 0 saturated carbocycles. The Bertz CT molecular complexity index is 762. The summed E-state index contributed by atoms with van der Waals surface area (Å²) in [6.07, 6.45) is 3.53. The molecule has 0 amide bonds. The van der Waals surface area contributed by atoms with Crippen LogP contribution in [-0.4, -0.2) is 17.9 Å². The number of nitrogens with one attached hydrogen (secondary N) is 2. The second-order valence-electron chi connectivity index (χ2n) is 5.15. The average molecular weight is 337 g/mol. The average Bonchev–Trinajstić information content (AvgIpc) is 2.51. The van der Waals surface area contributed by atoms with Crippen molar-refractivity contribution in [1.29, 1.82) is 0 Å². The van der Waals surface area contributed by atoms with E-state index in [1.54, 1.807) is 19.2 Å². The number of pyridine rings is 1. The van der Waals surface area contributed by atoms with Crippen molar-refractivity contribution in [1.82, 2.24) is 4.57 Å². The van der Waals surface area contributed by atoms with E-state index in [1.165, 1.54) is 29.7 Å². The molecule has 0 radical (unpaired) electrons. The zero-order valence-corrected chi connectivity index (χ0v) is 14.4. The molecular formula is C16H20FN3O2S. The van der Waals surface area contributed by atoms with Crippen LogP contribution >= 0.6 is 11.9 Å². The Labute approximate surface area is 139 Å². The number of methoxy groups -OCH3 is 1. The molecule has 1 aromatic heterocycles. The normalized spacial score (nSPS) is 10.7. The van der Waals surface area contributed by atoms with E-state index in [0.717, 1.165) is 5.56 Å². The van der Waals surface area contributed by atoms with E-state index in [-0.39, 0.29) is 18.1 Å². The first-order chi connectivity index (χ1) is 11.0. The van der Waals surface area contributed by atoms with Crippen molar-refractivity contribution in [2.75, 3.05) is 23.4 Å². The molecular weight excluding hydrogens is 317 g/mol. The molecule has 0 unspecified atom stereocenters. The molecule has 5 nitrogen and oxygen atoms in total. The molecule has 0 aliphatic heterocycles. The van der Waals surface area contributed by atoms with Crippen LogP contribution in [0.5, 0.6) is 0 Å². The number of aryl methyl sites for hydroxylation is 1. The smallest absolute Gasteiger partial charge is 0.257 e. The summed E-state index contributed by atoms with van der Waals surface area (Å²) in [6, 6.07) is 4.92. The zero-order valence-electron chi connectivity index (χ0n) is 13.6. The third kappa shape index (κ3) is 3.86. The molecule has 124 valence electrons. The van der Waals surface area contributed by atoms with E-state index >= 15 is 0 Å². The van der Waals surface area contributed by atoms with Crippen LogP contribution in [-0.2, 0) is 11.5 Å². The summed E-state index contributed by atoms with van der Waals surface area (Å²) in [4.78, 5) is 12.4. The van der Waals surface area contributed by atoms with Crippen molar-refractivity contribution < 1.29 is 9.13 Å². The van der Waals surface area contributed by atoms with Gasteiger partial charge in [-0.05, 0) is 31.5 Å². The topological polar surface area (TPSA) is 55.3 Å². The lowest BCUT2D eigenvalue weighted by Crippen LogP contribution is -2.24. The van der Waals surface area contributed by atoms with E-state index in [4.69, 9.17) is 4.74 Å². The molecule has 7 heteroatoms. The molecule has 23 heavy (non-hydrogen) atoms. The van der Waals surface area contributed by atoms with E-state index in [1.807, 2.05) is 19.2 Å². The molecule has 2 aromatic rings. The van der Waals surface area contributed by atoms with Gasteiger partial charge in [0.05, 0.1) is 17.1 Å². The summed E-state index contributed by atoms with van der Waals surface area (Å²) >= 11 is 1.39. The van der Waals surface area contributed by atoms with Gasteiger partial charge in [0.1, 0.15) is 12.5 Å². The van der Waals surface area contributed by atoms with Gasteiger partial charge >= 0.3 is 0 Å². The van der Waals surface area contributed by atoms with Crippen LogP contribution in [0.1, 0.15) is 11.1 Å². The van der Waals surface area contributed by atoms with Gasteiger partial charge in [-0.3, -0.25) is 9.36 Å². The largest absolute Gasteiger partial charge is 0.364 e. The first-order valence-corrected chi connectivity index (χ1v) is 8.25. The Morgan fingerprint density at radius 1 is 1.30 bits per heavy atom. The fraction of sp³-hybridized carbons (Fsp3) is 0.312. The van der Waals surface area contributed by atoms with Gasteiger partial charge in [0.25, 0.3) is 5.56 Å². The fourth-order valence-corrected chi connectivity index (χ4v) is 2.62. The minimum absolute atomic E-state index is 0.155. The SMILES string of the molecule is COCn1cc(NSC)c(Nc2ccc(C)cc2F)c(C)c1=O. The number of ether oxygens (including phenoxy) is 1. The van der Waals surface area contributed by atoms with Gasteiger partial charge in [0.2, 0.25) is 0 Å². The van der Waals surface area contributed by atoms with Crippen molar-refractivity contribution in [2.45, 2.75) is 20.6 Å². The Kier molecular flexibility index (Phi) is 5.68. The fourth-order valence-electron chi connectivity index (χ4n) is 2.24. The first kappa shape index (κ1) is 17.4. The highest BCUT2D eigenvalue weighted by molar-refractivity contribution is 7.99. The first-order valence-electron chi connectivity index (χ1n) is 7.03. The Balaban J connectivity index is 2.51. The Morgan fingerprint density at radius 2 is 2.04 bits per heavy atom. The van der Waals surface area contributed by atoms with Crippen LogP contribution in [0.15, 0.2) is 29.2 Å². The summed E-state index contributed by atoms with van der Waals surface area (Å²) in [5.41, 5.74) is 2.70. The highest BCUT2D eigenvalue weighted by Crippen LogP contribution is 2.30. The number of halogens is 1. The zero-order chi connectivity index (χ0) is 17.0. The number of benzene rings is 1. The summed E-state index contributed by atoms with van der Waals surface area (Å²) in [5.74, 6) is -0.361. The predicted octanol–water partition coefficient (Wildman–Crippen LogP) is 3.64. The van der Waals surface area contributed by atoms with Crippen LogP contribution in [0.4, 0.5) is 21.5 Å². The quantitative estimate of drug-likeness (QED) is 0.788. The second-order valence-corrected chi connectivity index (χ2v) is 5.76. The molecule has 0 saturated heterocycles. The molecule has 2 N–H and O–H groups in total. The minimum atomic E-state index is -0.361. The number of anilines is 3. The van der Waals surface area contributed by atoms with Crippen molar-refractivity contribution in [3.8, 4) is 0 Å². The molecule has 0 atom stereocenters. The second kappa shape index (κ2) is 7.52. The van der Waals surface area contributed by atoms with E-state index in [0.29, 0.717) is 22.6 Å². The molecule has 0 spiro atoms. The highest BCUT2D eigenvalue weighted by atomic mass is 32.2. The monoisotopic (exact) mass is 337 g/mol. The minimum Gasteiger partial charge on any atom is -0.364 e. The number of nitrogens with zero attached hydrogens (tertiary/aromatic N) is 1. The van der Waals surface area contributed by atoms with Crippen LogP contribution in [0, 0.1) is 19.7 Å². The van der Waals surface area contributed by atoms with Crippen molar-refractivity contribution in [3.63, 3.8) is 0 Å². The molecule has 1 heterocycles. The number of rotatable bonds is 6. The lowest BCUT2D eigenvalue weighted by Gasteiger charge is -2.18. The molecule has 0 bridgehead atoms. The van der Waals surface area contributed by atoms with Gasteiger partial charge in [-0.1, -0.05) is 18.0 Å². The van der Waals surface area contributed by atoms with Gasteiger partial charge in [-0.25, -0.2) is 4.39 Å². The molecule has 0 aliphatic carbocycles. The summed E-state index contributed by atoms with van der Waals surface area (Å²) in [5, 5.41) is 3.03. The lowest BCUT2D eigenvalue weighted by molar-refractivity contribution is 0.128. The molecule has 0 aliphatic rings. The third-order valence-corrected chi connectivity index (χ3v) is 3.80. The van der Waals surface area contributed by atoms with Crippen LogP contribution < -0.4 is 15.6 Å². The summed E-state index contributed by atoms with van der Waals surface area (Å²) < 4.78 is 23.7. The third-order valence-electron chi connectivity index (χ3n) is 3.38. The van der Waals surface area contributed by atoms with Gasteiger partial charge in [-0.15, -0.1) is 0 Å². The maximum atomic E-state index is 14.1. The standard InChI is InChI=1S/C16H20FN3O2S/c1-10-5-6-13(12(17)7-10)18-15-11(2)16(21)20(9-22-3)8-14(15)19-23-4/h5-8,18-19H,9H2,1-4H3. The van der Waals surface area contributed by atoms with E-state index < -0.39 is 0 Å². The van der Waals surface area contributed by atoms with Crippen molar-refractivity contribution in [3.05, 3.63) is 51.7 Å². The van der Waals surface area contributed by atoms with Gasteiger partial charge in [0, 0.05) is 25.1 Å². The predicted molar refractivity (Wildman–Crippen MR) is 94.0 cm³/mol. The number of hydrogen-bond acceptors (Lipinski definition) is 5. The molecule has 1 aromatic carbocycles. The number of hydrogen-bond donors (Lipinski definition) is 2. The van der Waals surface area contributed by atoms with Crippen LogP contribution in [0.2, 0.25) is 0 Å².